The summed E-state index contributed by atoms with van der Waals surface area (Å²) < 4.78 is 0. The molecule has 1 aromatic heterocycles. The van der Waals surface area contributed by atoms with Crippen molar-refractivity contribution >= 4 is 18.2 Å². The quantitative estimate of drug-likeness (QED) is 0.903. The molecular formula is C17H31ClN4. The minimum absolute atomic E-state index is 0. The van der Waals surface area contributed by atoms with Crippen molar-refractivity contribution in [1.82, 2.24) is 9.88 Å². The van der Waals surface area contributed by atoms with E-state index in [1.165, 1.54) is 18.4 Å². The number of aromatic nitrogens is 1. The lowest BCUT2D eigenvalue weighted by atomic mass is 9.90. The van der Waals surface area contributed by atoms with Gasteiger partial charge >= 0.3 is 0 Å². The van der Waals surface area contributed by atoms with Gasteiger partial charge in [0.25, 0.3) is 0 Å². The van der Waals surface area contributed by atoms with E-state index in [1.807, 2.05) is 6.20 Å². The number of halogens is 1. The van der Waals surface area contributed by atoms with Crippen molar-refractivity contribution in [2.24, 2.45) is 11.7 Å². The van der Waals surface area contributed by atoms with Crippen molar-refractivity contribution < 1.29 is 0 Å². The molecule has 2 rings (SSSR count). The molecular weight excluding hydrogens is 296 g/mol. The first kappa shape index (κ1) is 19.2. The topological polar surface area (TPSA) is 45.4 Å². The molecule has 4 nitrogen and oxygen atoms in total. The van der Waals surface area contributed by atoms with Crippen molar-refractivity contribution in [1.29, 1.82) is 0 Å². The molecule has 1 aromatic rings. The number of anilines is 1. The number of likely N-dealkylation sites (tertiary alicyclic amines) is 1. The SMILES string of the molecule is CC1CCCN(Cc2ccc(N(C)C(C)C)nc2)C1CN.Cl. The minimum Gasteiger partial charge on any atom is -0.357 e. The van der Waals surface area contributed by atoms with Crippen LogP contribution in [0.15, 0.2) is 18.3 Å². The van der Waals surface area contributed by atoms with E-state index in [2.05, 4.69) is 54.7 Å². The Balaban J connectivity index is 0.00000242. The predicted molar refractivity (Wildman–Crippen MR) is 96.7 cm³/mol. The summed E-state index contributed by atoms with van der Waals surface area (Å²) in [5.41, 5.74) is 7.25. The molecule has 0 bridgehead atoms. The Kier molecular flexibility index (Phi) is 7.60. The summed E-state index contributed by atoms with van der Waals surface area (Å²) in [4.78, 5) is 9.32. The fourth-order valence-electron chi connectivity index (χ4n) is 3.13. The van der Waals surface area contributed by atoms with Crippen LogP contribution in [0.4, 0.5) is 5.82 Å². The van der Waals surface area contributed by atoms with Gasteiger partial charge in [0.1, 0.15) is 5.82 Å². The van der Waals surface area contributed by atoms with Crippen LogP contribution in [0.5, 0.6) is 0 Å². The molecule has 22 heavy (non-hydrogen) atoms. The maximum Gasteiger partial charge on any atom is 0.128 e. The fourth-order valence-corrected chi connectivity index (χ4v) is 3.13. The van der Waals surface area contributed by atoms with Crippen molar-refractivity contribution in [3.05, 3.63) is 23.9 Å². The summed E-state index contributed by atoms with van der Waals surface area (Å²) in [6.07, 6.45) is 4.59. The fraction of sp³-hybridized carbons (Fsp3) is 0.706. The highest BCUT2D eigenvalue weighted by molar-refractivity contribution is 5.85. The van der Waals surface area contributed by atoms with Gasteiger partial charge in [-0.05, 0) is 50.8 Å². The highest BCUT2D eigenvalue weighted by Gasteiger charge is 2.27. The van der Waals surface area contributed by atoms with Crippen LogP contribution in [-0.2, 0) is 6.54 Å². The molecule has 2 unspecified atom stereocenters. The second kappa shape index (κ2) is 8.70. The molecule has 126 valence electrons. The Morgan fingerprint density at radius 1 is 1.41 bits per heavy atom. The van der Waals surface area contributed by atoms with E-state index in [1.54, 1.807) is 0 Å². The molecule has 0 spiro atoms. The van der Waals surface area contributed by atoms with Crippen LogP contribution >= 0.6 is 12.4 Å². The highest BCUT2D eigenvalue weighted by atomic mass is 35.5. The maximum absolute atomic E-state index is 5.97. The summed E-state index contributed by atoms with van der Waals surface area (Å²) in [6.45, 7) is 9.54. The van der Waals surface area contributed by atoms with E-state index >= 15 is 0 Å². The number of rotatable bonds is 5. The average molecular weight is 327 g/mol. The van der Waals surface area contributed by atoms with Crippen molar-refractivity contribution in [3.63, 3.8) is 0 Å². The number of nitrogens with two attached hydrogens (primary N) is 1. The maximum atomic E-state index is 5.97. The number of hydrogen-bond donors (Lipinski definition) is 1. The zero-order valence-electron chi connectivity index (χ0n) is 14.3. The van der Waals surface area contributed by atoms with Gasteiger partial charge in [-0.2, -0.15) is 0 Å². The lowest BCUT2D eigenvalue weighted by Gasteiger charge is -2.39. The van der Waals surface area contributed by atoms with E-state index in [0.717, 1.165) is 25.5 Å². The predicted octanol–water partition coefficient (Wildman–Crippen LogP) is 2.91. The second-order valence-electron chi connectivity index (χ2n) is 6.62. The summed E-state index contributed by atoms with van der Waals surface area (Å²) >= 11 is 0. The molecule has 0 saturated carbocycles. The van der Waals surface area contributed by atoms with E-state index in [4.69, 9.17) is 5.73 Å². The first-order chi connectivity index (χ1) is 10.0. The summed E-state index contributed by atoms with van der Waals surface area (Å²) in [6, 6.07) is 5.30. The van der Waals surface area contributed by atoms with Crippen LogP contribution in [0.3, 0.4) is 0 Å². The van der Waals surface area contributed by atoms with Gasteiger partial charge in [-0.1, -0.05) is 13.0 Å². The van der Waals surface area contributed by atoms with Crippen molar-refractivity contribution in [2.45, 2.75) is 52.2 Å². The molecule has 5 heteroatoms. The number of hydrogen-bond acceptors (Lipinski definition) is 4. The molecule has 1 saturated heterocycles. The van der Waals surface area contributed by atoms with E-state index in [9.17, 15) is 0 Å². The number of nitrogens with zero attached hydrogens (tertiary/aromatic N) is 3. The first-order valence-electron chi connectivity index (χ1n) is 8.14. The molecule has 1 aliphatic heterocycles. The van der Waals surface area contributed by atoms with Gasteiger partial charge in [0, 0.05) is 38.4 Å². The lowest BCUT2D eigenvalue weighted by molar-refractivity contribution is 0.0990. The molecule has 2 heterocycles. The van der Waals surface area contributed by atoms with Crippen LogP contribution < -0.4 is 10.6 Å². The molecule has 2 N–H and O–H groups in total. The van der Waals surface area contributed by atoms with E-state index < -0.39 is 0 Å². The van der Waals surface area contributed by atoms with E-state index in [-0.39, 0.29) is 12.4 Å². The average Bonchev–Trinajstić information content (AvgIpc) is 2.47. The van der Waals surface area contributed by atoms with Gasteiger partial charge in [0.2, 0.25) is 0 Å². The monoisotopic (exact) mass is 326 g/mol. The Bertz CT molecular complexity index is 435. The van der Waals surface area contributed by atoms with Gasteiger partial charge in [0.15, 0.2) is 0 Å². The van der Waals surface area contributed by atoms with Crippen LogP contribution in [-0.4, -0.2) is 42.1 Å². The third kappa shape index (κ3) is 4.58. The molecule has 1 aliphatic rings. The zero-order valence-corrected chi connectivity index (χ0v) is 15.1. The Morgan fingerprint density at radius 2 is 2.14 bits per heavy atom. The Labute approximate surface area is 141 Å². The second-order valence-corrected chi connectivity index (χ2v) is 6.62. The molecule has 0 aromatic carbocycles. The van der Waals surface area contributed by atoms with Crippen LogP contribution in [0.1, 0.15) is 39.2 Å². The summed E-state index contributed by atoms with van der Waals surface area (Å²) in [5, 5.41) is 0. The van der Waals surface area contributed by atoms with Crippen molar-refractivity contribution in [3.8, 4) is 0 Å². The lowest BCUT2D eigenvalue weighted by Crippen LogP contribution is -2.48. The summed E-state index contributed by atoms with van der Waals surface area (Å²) in [5.74, 6) is 1.74. The van der Waals surface area contributed by atoms with Gasteiger partial charge in [-0.3, -0.25) is 4.90 Å². The third-order valence-electron chi connectivity index (χ3n) is 4.80. The minimum atomic E-state index is 0. The van der Waals surface area contributed by atoms with Crippen molar-refractivity contribution in [2.75, 3.05) is 25.0 Å². The smallest absolute Gasteiger partial charge is 0.128 e. The van der Waals surface area contributed by atoms with Gasteiger partial charge in [-0.15, -0.1) is 12.4 Å². The standard InChI is InChI=1S/C17H30N4.ClH/c1-13(2)20(4)17-8-7-15(11-19-17)12-21-9-5-6-14(3)16(21)10-18;/h7-8,11,13-14,16H,5-6,9-10,12,18H2,1-4H3;1H. The Morgan fingerprint density at radius 3 is 2.68 bits per heavy atom. The summed E-state index contributed by atoms with van der Waals surface area (Å²) in [7, 11) is 2.09. The first-order valence-corrected chi connectivity index (χ1v) is 8.14. The largest absolute Gasteiger partial charge is 0.357 e. The normalized spacial score (nSPS) is 22.5. The van der Waals surface area contributed by atoms with Gasteiger partial charge in [0.05, 0.1) is 0 Å². The van der Waals surface area contributed by atoms with Crippen LogP contribution in [0.25, 0.3) is 0 Å². The number of piperidine rings is 1. The van der Waals surface area contributed by atoms with Crippen LogP contribution in [0.2, 0.25) is 0 Å². The zero-order chi connectivity index (χ0) is 15.4. The van der Waals surface area contributed by atoms with E-state index in [0.29, 0.717) is 18.0 Å². The molecule has 1 fully saturated rings. The Hall–Kier alpha value is -0.840. The molecule has 0 radical (unpaired) electrons. The van der Waals surface area contributed by atoms with Gasteiger partial charge in [-0.25, -0.2) is 4.98 Å². The molecule has 0 amide bonds. The van der Waals surface area contributed by atoms with Crippen LogP contribution in [0, 0.1) is 5.92 Å². The highest BCUT2D eigenvalue weighted by Crippen LogP contribution is 2.24. The number of pyridine rings is 1. The third-order valence-corrected chi connectivity index (χ3v) is 4.80. The molecule has 0 aliphatic carbocycles. The molecule has 2 atom stereocenters. The van der Waals surface area contributed by atoms with Gasteiger partial charge < -0.3 is 10.6 Å².